The number of carbonyl (C=O) groups is 1. The van der Waals surface area contributed by atoms with Crippen molar-refractivity contribution in [2.45, 2.75) is 103 Å². The minimum absolute atomic E-state index is 0.0158. The Hall–Kier alpha value is -1.65. The van der Waals surface area contributed by atoms with Crippen molar-refractivity contribution in [1.82, 2.24) is 5.32 Å². The summed E-state index contributed by atoms with van der Waals surface area (Å²) in [6.07, 6.45) is 15.5. The molecule has 0 aliphatic carbocycles. The first-order valence-corrected chi connectivity index (χ1v) is 12.9. The van der Waals surface area contributed by atoms with Crippen LogP contribution < -0.4 is 5.32 Å². The van der Waals surface area contributed by atoms with E-state index in [2.05, 4.69) is 31.3 Å². The predicted octanol–water partition coefficient (Wildman–Crippen LogP) is 6.24. The molecule has 4 heteroatoms. The fraction of sp³-hybridized carbons (Fsp3) is 0.679. The minimum Gasteiger partial charge on any atom is -0.373 e. The van der Waals surface area contributed by atoms with Gasteiger partial charge in [-0.2, -0.15) is 0 Å². The SMILES string of the molecule is CCCCCCCCC[C@@H]1OC/C=C\CO[C@@H](CC)[C@H](Cc2ccccc2)NC(=O)[C@@H]1C. The number of benzene rings is 1. The molecule has 1 heterocycles. The van der Waals surface area contributed by atoms with Gasteiger partial charge >= 0.3 is 0 Å². The van der Waals surface area contributed by atoms with Crippen molar-refractivity contribution in [2.24, 2.45) is 5.92 Å². The Morgan fingerprint density at radius 2 is 1.50 bits per heavy atom. The summed E-state index contributed by atoms with van der Waals surface area (Å²) in [4.78, 5) is 13.2. The van der Waals surface area contributed by atoms with Gasteiger partial charge in [0.2, 0.25) is 5.91 Å². The summed E-state index contributed by atoms with van der Waals surface area (Å²) >= 11 is 0. The molecule has 0 saturated carbocycles. The smallest absolute Gasteiger partial charge is 0.225 e. The molecule has 1 amide bonds. The number of nitrogens with one attached hydrogen (secondary N) is 1. The van der Waals surface area contributed by atoms with Gasteiger partial charge in [0.15, 0.2) is 0 Å². The van der Waals surface area contributed by atoms with Crippen LogP contribution in [0.1, 0.15) is 84.1 Å². The van der Waals surface area contributed by atoms with Crippen LogP contribution in [0, 0.1) is 5.92 Å². The molecule has 1 aliphatic heterocycles. The van der Waals surface area contributed by atoms with Gasteiger partial charge in [0.1, 0.15) is 0 Å². The van der Waals surface area contributed by atoms with E-state index in [1.807, 2.05) is 37.3 Å². The Bertz CT molecular complexity index is 645. The van der Waals surface area contributed by atoms with Gasteiger partial charge in [-0.15, -0.1) is 0 Å². The molecule has 0 radical (unpaired) electrons. The Balaban J connectivity index is 2.00. The van der Waals surface area contributed by atoms with Crippen molar-refractivity contribution in [1.29, 1.82) is 0 Å². The third kappa shape index (κ3) is 9.87. The van der Waals surface area contributed by atoms with Gasteiger partial charge in [0.25, 0.3) is 0 Å². The molecule has 0 saturated heterocycles. The fourth-order valence-electron chi connectivity index (χ4n) is 4.42. The third-order valence-corrected chi connectivity index (χ3v) is 6.52. The van der Waals surface area contributed by atoms with Gasteiger partial charge in [-0.25, -0.2) is 0 Å². The first-order valence-electron chi connectivity index (χ1n) is 12.9. The second-order valence-corrected chi connectivity index (χ2v) is 9.13. The van der Waals surface area contributed by atoms with Crippen molar-refractivity contribution >= 4 is 5.91 Å². The van der Waals surface area contributed by atoms with Crippen LogP contribution in [0.5, 0.6) is 0 Å². The molecule has 1 aliphatic rings. The van der Waals surface area contributed by atoms with Crippen LogP contribution in [0.15, 0.2) is 42.5 Å². The number of carbonyl (C=O) groups excluding carboxylic acids is 1. The highest BCUT2D eigenvalue weighted by Crippen LogP contribution is 2.20. The van der Waals surface area contributed by atoms with Crippen molar-refractivity contribution in [3.05, 3.63) is 48.0 Å². The molecule has 4 atom stereocenters. The molecule has 32 heavy (non-hydrogen) atoms. The molecule has 180 valence electrons. The molecule has 0 unspecified atom stereocenters. The molecular weight excluding hydrogens is 398 g/mol. The Labute approximate surface area is 196 Å². The lowest BCUT2D eigenvalue weighted by molar-refractivity contribution is -0.131. The predicted molar refractivity (Wildman–Crippen MR) is 133 cm³/mol. The zero-order valence-corrected chi connectivity index (χ0v) is 20.6. The highest BCUT2D eigenvalue weighted by atomic mass is 16.5. The van der Waals surface area contributed by atoms with Crippen LogP contribution in [0.3, 0.4) is 0 Å². The quantitative estimate of drug-likeness (QED) is 0.325. The van der Waals surface area contributed by atoms with Crippen molar-refractivity contribution in [3.63, 3.8) is 0 Å². The van der Waals surface area contributed by atoms with Crippen LogP contribution >= 0.6 is 0 Å². The van der Waals surface area contributed by atoms with E-state index < -0.39 is 0 Å². The number of hydrogen-bond donors (Lipinski definition) is 1. The summed E-state index contributed by atoms with van der Waals surface area (Å²) in [5.74, 6) is -0.107. The Kier molecular flexibility index (Phi) is 13.3. The maximum atomic E-state index is 13.2. The summed E-state index contributed by atoms with van der Waals surface area (Å²) in [6.45, 7) is 7.47. The maximum absolute atomic E-state index is 13.2. The second kappa shape index (κ2) is 16.0. The van der Waals surface area contributed by atoms with E-state index in [-0.39, 0.29) is 30.1 Å². The third-order valence-electron chi connectivity index (χ3n) is 6.52. The second-order valence-electron chi connectivity index (χ2n) is 9.13. The zero-order valence-electron chi connectivity index (χ0n) is 20.6. The number of amides is 1. The molecule has 2 rings (SSSR count). The van der Waals surface area contributed by atoms with Crippen LogP contribution in [0.25, 0.3) is 0 Å². The van der Waals surface area contributed by atoms with Gasteiger partial charge in [-0.1, -0.05) is 108 Å². The van der Waals surface area contributed by atoms with E-state index in [1.165, 1.54) is 44.1 Å². The summed E-state index contributed by atoms with van der Waals surface area (Å²) in [7, 11) is 0. The maximum Gasteiger partial charge on any atom is 0.225 e. The first-order chi connectivity index (χ1) is 15.7. The Morgan fingerprint density at radius 3 is 2.16 bits per heavy atom. The average molecular weight is 444 g/mol. The zero-order chi connectivity index (χ0) is 23.0. The van der Waals surface area contributed by atoms with E-state index in [1.54, 1.807) is 0 Å². The number of ether oxygens (including phenoxy) is 2. The summed E-state index contributed by atoms with van der Waals surface area (Å²) < 4.78 is 12.3. The van der Waals surface area contributed by atoms with E-state index >= 15 is 0 Å². The van der Waals surface area contributed by atoms with Gasteiger partial charge in [0, 0.05) is 0 Å². The van der Waals surface area contributed by atoms with Crippen LogP contribution in [0.4, 0.5) is 0 Å². The van der Waals surface area contributed by atoms with Crippen molar-refractivity contribution < 1.29 is 14.3 Å². The topological polar surface area (TPSA) is 47.6 Å². The molecule has 0 spiro atoms. The lowest BCUT2D eigenvalue weighted by Crippen LogP contribution is -2.49. The highest BCUT2D eigenvalue weighted by Gasteiger charge is 2.29. The lowest BCUT2D eigenvalue weighted by atomic mass is 9.95. The highest BCUT2D eigenvalue weighted by molar-refractivity contribution is 5.79. The summed E-state index contributed by atoms with van der Waals surface area (Å²) in [6, 6.07) is 10.3. The van der Waals surface area contributed by atoms with E-state index in [0.717, 1.165) is 25.7 Å². The molecule has 0 aromatic heterocycles. The molecule has 1 aromatic rings. The summed E-state index contributed by atoms with van der Waals surface area (Å²) in [5, 5.41) is 3.32. The van der Waals surface area contributed by atoms with E-state index in [4.69, 9.17) is 9.47 Å². The van der Waals surface area contributed by atoms with Crippen LogP contribution in [-0.4, -0.2) is 37.4 Å². The van der Waals surface area contributed by atoms with Crippen molar-refractivity contribution in [3.8, 4) is 0 Å². The van der Waals surface area contributed by atoms with Crippen molar-refractivity contribution in [2.75, 3.05) is 13.2 Å². The average Bonchev–Trinajstić information content (AvgIpc) is 2.81. The Morgan fingerprint density at radius 1 is 0.875 bits per heavy atom. The van der Waals surface area contributed by atoms with E-state index in [9.17, 15) is 4.79 Å². The number of unbranched alkanes of at least 4 members (excludes halogenated alkanes) is 6. The van der Waals surface area contributed by atoms with Gasteiger partial charge < -0.3 is 14.8 Å². The minimum atomic E-state index is -0.182. The largest absolute Gasteiger partial charge is 0.373 e. The summed E-state index contributed by atoms with van der Waals surface area (Å²) in [5.41, 5.74) is 1.21. The first kappa shape index (κ1) is 26.6. The molecular formula is C28H45NO3. The number of hydrogen-bond acceptors (Lipinski definition) is 3. The molecule has 0 fully saturated rings. The van der Waals surface area contributed by atoms with Gasteiger partial charge in [0.05, 0.1) is 37.4 Å². The normalized spacial score (nSPS) is 26.0. The van der Waals surface area contributed by atoms with Crippen LogP contribution in [-0.2, 0) is 20.7 Å². The molecule has 1 aromatic carbocycles. The fourth-order valence-corrected chi connectivity index (χ4v) is 4.42. The van der Waals surface area contributed by atoms with Gasteiger partial charge in [-0.05, 0) is 24.8 Å². The standard InChI is InChI=1S/C28H45NO3/c1-4-6-7-8-9-10-14-19-27-23(3)28(30)29-25(22-24-17-12-11-13-18-24)26(5-2)31-20-15-16-21-32-27/h11-13,15-18,23,25-27H,4-10,14,19-22H2,1-3H3,(H,29,30)/b16-15-/t23-,25+,26+,27+/m1/s1. The van der Waals surface area contributed by atoms with Crippen LogP contribution in [0.2, 0.25) is 0 Å². The molecule has 4 nitrogen and oxygen atoms in total. The molecule has 0 bridgehead atoms. The van der Waals surface area contributed by atoms with E-state index in [0.29, 0.717) is 13.2 Å². The monoisotopic (exact) mass is 443 g/mol. The molecule has 1 N–H and O–H groups in total. The number of rotatable bonds is 11. The lowest BCUT2D eigenvalue weighted by Gasteiger charge is -2.31. The van der Waals surface area contributed by atoms with Gasteiger partial charge in [-0.3, -0.25) is 4.79 Å².